The van der Waals surface area contributed by atoms with Crippen molar-refractivity contribution in [1.29, 1.82) is 0 Å². The summed E-state index contributed by atoms with van der Waals surface area (Å²) < 4.78 is 1.73. The number of fused-ring (bicyclic) bond motifs is 1. The highest BCUT2D eigenvalue weighted by molar-refractivity contribution is 6.01. The molecule has 96 valence electrons. The van der Waals surface area contributed by atoms with Crippen molar-refractivity contribution in [1.82, 2.24) is 9.78 Å². The van der Waals surface area contributed by atoms with Gasteiger partial charge in [0.15, 0.2) is 5.69 Å². The third-order valence-electron chi connectivity index (χ3n) is 2.89. The third kappa shape index (κ3) is 2.51. The van der Waals surface area contributed by atoms with E-state index < -0.39 is 5.97 Å². The fourth-order valence-electron chi connectivity index (χ4n) is 2.01. The van der Waals surface area contributed by atoms with Gasteiger partial charge in [-0.25, -0.2) is 4.79 Å². The Balaban J connectivity index is 2.24. The molecule has 0 saturated heterocycles. The van der Waals surface area contributed by atoms with Crippen molar-refractivity contribution >= 4 is 16.9 Å². The van der Waals surface area contributed by atoms with Crippen LogP contribution in [-0.4, -0.2) is 32.6 Å². The highest BCUT2D eigenvalue weighted by atomic mass is 16.4. The topological polar surface area (TPSA) is 75.3 Å². The van der Waals surface area contributed by atoms with Gasteiger partial charge in [-0.15, -0.1) is 0 Å². The van der Waals surface area contributed by atoms with Gasteiger partial charge in [0.1, 0.15) is 0 Å². The first-order valence-corrected chi connectivity index (χ1v) is 6.03. The Morgan fingerprint density at radius 2 is 2.00 bits per heavy atom. The number of rotatable bonds is 6. The summed E-state index contributed by atoms with van der Waals surface area (Å²) in [5.74, 6) is -1.000. The minimum Gasteiger partial charge on any atom is -0.476 e. The van der Waals surface area contributed by atoms with E-state index in [2.05, 4.69) is 5.10 Å². The molecule has 0 radical (unpaired) electrons. The number of carboxylic acids is 1. The smallest absolute Gasteiger partial charge is 0.357 e. The maximum absolute atomic E-state index is 11.1. The fraction of sp³-hybridized carbons (Fsp3) is 0.385. The van der Waals surface area contributed by atoms with E-state index >= 15 is 0 Å². The summed E-state index contributed by atoms with van der Waals surface area (Å²) in [6.07, 6.45) is 2.56. The zero-order valence-corrected chi connectivity index (χ0v) is 10.0. The number of carboxylic acid groups (broad SMARTS) is 1. The molecule has 0 unspecified atom stereocenters. The van der Waals surface area contributed by atoms with Gasteiger partial charge < -0.3 is 10.2 Å². The zero-order chi connectivity index (χ0) is 13.0. The molecular formula is C13H16N2O3. The molecule has 0 bridgehead atoms. The molecular weight excluding hydrogens is 232 g/mol. The van der Waals surface area contributed by atoms with Crippen LogP contribution >= 0.6 is 0 Å². The largest absolute Gasteiger partial charge is 0.476 e. The van der Waals surface area contributed by atoms with E-state index in [9.17, 15) is 4.79 Å². The number of hydrogen-bond donors (Lipinski definition) is 2. The average molecular weight is 248 g/mol. The van der Waals surface area contributed by atoms with E-state index in [4.69, 9.17) is 10.2 Å². The van der Waals surface area contributed by atoms with Gasteiger partial charge in [0.2, 0.25) is 0 Å². The van der Waals surface area contributed by atoms with Crippen LogP contribution in [0.1, 0.15) is 29.8 Å². The van der Waals surface area contributed by atoms with Crippen molar-refractivity contribution in [3.63, 3.8) is 0 Å². The van der Waals surface area contributed by atoms with Crippen LogP contribution in [0.25, 0.3) is 10.9 Å². The van der Waals surface area contributed by atoms with E-state index in [0.29, 0.717) is 11.9 Å². The maximum atomic E-state index is 11.1. The lowest BCUT2D eigenvalue weighted by Gasteiger charge is -2.02. The Bertz CT molecular complexity index is 548. The van der Waals surface area contributed by atoms with Crippen LogP contribution in [0, 0.1) is 0 Å². The molecule has 2 rings (SSSR count). The number of aliphatic hydroxyl groups excluding tert-OH is 1. The van der Waals surface area contributed by atoms with Crippen LogP contribution < -0.4 is 0 Å². The highest BCUT2D eigenvalue weighted by Gasteiger charge is 2.15. The molecule has 5 nitrogen and oxygen atoms in total. The van der Waals surface area contributed by atoms with Crippen LogP contribution in [0.3, 0.4) is 0 Å². The number of nitrogens with zero attached hydrogens (tertiary/aromatic N) is 2. The first kappa shape index (κ1) is 12.6. The number of aromatic carboxylic acids is 1. The molecule has 0 amide bonds. The Kier molecular flexibility index (Phi) is 3.94. The van der Waals surface area contributed by atoms with Crippen molar-refractivity contribution in [3.8, 4) is 0 Å². The molecule has 5 heteroatoms. The number of hydrogen-bond acceptors (Lipinski definition) is 3. The van der Waals surface area contributed by atoms with Gasteiger partial charge in [-0.05, 0) is 25.3 Å². The van der Waals surface area contributed by atoms with Crippen molar-refractivity contribution in [2.24, 2.45) is 0 Å². The molecule has 1 aromatic carbocycles. The molecule has 1 heterocycles. The molecule has 0 aliphatic rings. The lowest BCUT2D eigenvalue weighted by molar-refractivity contribution is 0.0691. The van der Waals surface area contributed by atoms with Crippen molar-refractivity contribution in [2.45, 2.75) is 25.8 Å². The van der Waals surface area contributed by atoms with Crippen molar-refractivity contribution in [2.75, 3.05) is 6.61 Å². The summed E-state index contributed by atoms with van der Waals surface area (Å²) in [6, 6.07) is 7.34. The number of aryl methyl sites for hydroxylation is 1. The molecule has 0 fully saturated rings. The number of benzene rings is 1. The Morgan fingerprint density at radius 1 is 1.22 bits per heavy atom. The molecule has 2 aromatic rings. The molecule has 0 saturated carbocycles. The number of aromatic nitrogens is 2. The van der Waals surface area contributed by atoms with Gasteiger partial charge in [-0.1, -0.05) is 18.2 Å². The van der Waals surface area contributed by atoms with E-state index in [1.54, 1.807) is 10.7 Å². The third-order valence-corrected chi connectivity index (χ3v) is 2.89. The standard InChI is InChI=1S/C13H16N2O3/c16-9-5-1-4-8-15-11-7-3-2-6-10(11)12(14-15)13(17)18/h2-3,6-7,16H,1,4-5,8-9H2,(H,17,18). The summed E-state index contributed by atoms with van der Waals surface area (Å²) in [4.78, 5) is 11.1. The van der Waals surface area contributed by atoms with E-state index in [-0.39, 0.29) is 12.3 Å². The minimum absolute atomic E-state index is 0.104. The minimum atomic E-state index is -1.000. The lowest BCUT2D eigenvalue weighted by atomic mass is 10.2. The van der Waals surface area contributed by atoms with Crippen LogP contribution in [-0.2, 0) is 6.54 Å². The van der Waals surface area contributed by atoms with Gasteiger partial charge in [0, 0.05) is 18.5 Å². The number of carbonyl (C=O) groups is 1. The summed E-state index contributed by atoms with van der Waals surface area (Å²) in [7, 11) is 0. The first-order valence-electron chi connectivity index (χ1n) is 6.03. The molecule has 18 heavy (non-hydrogen) atoms. The normalized spacial score (nSPS) is 10.9. The predicted molar refractivity (Wildman–Crippen MR) is 67.6 cm³/mol. The highest BCUT2D eigenvalue weighted by Crippen LogP contribution is 2.19. The summed E-state index contributed by atoms with van der Waals surface area (Å²) >= 11 is 0. The summed E-state index contributed by atoms with van der Waals surface area (Å²) in [6.45, 7) is 0.869. The zero-order valence-electron chi connectivity index (χ0n) is 10.0. The van der Waals surface area contributed by atoms with Crippen LogP contribution in [0.4, 0.5) is 0 Å². The van der Waals surface area contributed by atoms with Crippen LogP contribution in [0.15, 0.2) is 24.3 Å². The fourth-order valence-corrected chi connectivity index (χ4v) is 2.01. The number of aliphatic hydroxyl groups is 1. The quantitative estimate of drug-likeness (QED) is 0.765. The first-order chi connectivity index (χ1) is 8.74. The van der Waals surface area contributed by atoms with E-state index in [0.717, 1.165) is 24.8 Å². The maximum Gasteiger partial charge on any atom is 0.357 e. The van der Waals surface area contributed by atoms with Gasteiger partial charge in [0.25, 0.3) is 0 Å². The molecule has 1 aromatic heterocycles. The molecule has 0 aliphatic heterocycles. The van der Waals surface area contributed by atoms with Crippen molar-refractivity contribution in [3.05, 3.63) is 30.0 Å². The summed E-state index contributed by atoms with van der Waals surface area (Å²) in [5.41, 5.74) is 0.951. The second kappa shape index (κ2) is 5.64. The lowest BCUT2D eigenvalue weighted by Crippen LogP contribution is -2.03. The second-order valence-electron chi connectivity index (χ2n) is 4.18. The van der Waals surface area contributed by atoms with Crippen LogP contribution in [0.5, 0.6) is 0 Å². The van der Waals surface area contributed by atoms with E-state index in [1.807, 2.05) is 18.2 Å². The second-order valence-corrected chi connectivity index (χ2v) is 4.18. The molecule has 2 N–H and O–H groups in total. The predicted octanol–water partition coefficient (Wildman–Crippen LogP) is 1.90. The average Bonchev–Trinajstić information content (AvgIpc) is 2.74. The van der Waals surface area contributed by atoms with Gasteiger partial charge in [-0.2, -0.15) is 5.10 Å². The van der Waals surface area contributed by atoms with Gasteiger partial charge >= 0.3 is 5.97 Å². The molecule has 0 spiro atoms. The Labute approximate surface area is 105 Å². The number of unbranched alkanes of at least 4 members (excludes halogenated alkanes) is 2. The Morgan fingerprint density at radius 3 is 2.72 bits per heavy atom. The summed E-state index contributed by atoms with van der Waals surface area (Å²) in [5, 5.41) is 22.6. The van der Waals surface area contributed by atoms with Gasteiger partial charge in [-0.3, -0.25) is 4.68 Å². The Hall–Kier alpha value is -1.88. The monoisotopic (exact) mass is 248 g/mol. The molecule has 0 atom stereocenters. The van der Waals surface area contributed by atoms with Crippen molar-refractivity contribution < 1.29 is 15.0 Å². The SMILES string of the molecule is O=C(O)c1nn(CCCCCO)c2ccccc12. The van der Waals surface area contributed by atoms with Crippen LogP contribution in [0.2, 0.25) is 0 Å². The van der Waals surface area contributed by atoms with E-state index in [1.165, 1.54) is 0 Å². The number of para-hydroxylation sites is 1. The van der Waals surface area contributed by atoms with Gasteiger partial charge in [0.05, 0.1) is 5.52 Å². The molecule has 0 aliphatic carbocycles.